The molecule has 2 saturated heterocycles. The maximum Gasteiger partial charge on any atom is 0.0826 e. The first-order valence-corrected chi connectivity index (χ1v) is 8.11. The van der Waals surface area contributed by atoms with Crippen LogP contribution in [0, 0.1) is 0 Å². The Hall–Kier alpha value is -0.160. The fourth-order valence-corrected chi connectivity index (χ4v) is 3.17. The quantitative estimate of drug-likeness (QED) is 0.783. The van der Waals surface area contributed by atoms with Crippen molar-refractivity contribution in [1.82, 2.24) is 15.1 Å². The second-order valence-corrected chi connectivity index (χ2v) is 5.91. The van der Waals surface area contributed by atoms with Gasteiger partial charge in [-0.2, -0.15) is 0 Å². The molecule has 0 aliphatic carbocycles. The fourth-order valence-electron chi connectivity index (χ4n) is 3.17. The zero-order valence-corrected chi connectivity index (χ0v) is 12.7. The topological polar surface area (TPSA) is 27.7 Å². The molecule has 0 saturated carbocycles. The molecule has 2 aliphatic heterocycles. The SMILES string of the molecule is CCCN1CCC(NCC2CN(CC)CCO2)CC1. The van der Waals surface area contributed by atoms with Crippen molar-refractivity contribution in [3.8, 4) is 0 Å². The molecule has 1 atom stereocenters. The molecule has 1 N–H and O–H groups in total. The van der Waals surface area contributed by atoms with E-state index in [9.17, 15) is 0 Å². The van der Waals surface area contributed by atoms with Crippen molar-refractivity contribution in [3.05, 3.63) is 0 Å². The van der Waals surface area contributed by atoms with Gasteiger partial charge in [-0.25, -0.2) is 0 Å². The number of hydrogen-bond donors (Lipinski definition) is 1. The molecule has 1 unspecified atom stereocenters. The van der Waals surface area contributed by atoms with Crippen LogP contribution in [0.3, 0.4) is 0 Å². The lowest BCUT2D eigenvalue weighted by Gasteiger charge is -2.35. The van der Waals surface area contributed by atoms with Crippen molar-refractivity contribution >= 4 is 0 Å². The molecule has 2 aliphatic rings. The van der Waals surface area contributed by atoms with Gasteiger partial charge in [-0.15, -0.1) is 0 Å². The Kier molecular flexibility index (Phi) is 6.57. The van der Waals surface area contributed by atoms with E-state index < -0.39 is 0 Å². The van der Waals surface area contributed by atoms with Crippen LogP contribution in [0.1, 0.15) is 33.1 Å². The van der Waals surface area contributed by atoms with Crippen LogP contribution in [0.4, 0.5) is 0 Å². The van der Waals surface area contributed by atoms with E-state index in [4.69, 9.17) is 4.74 Å². The molecule has 0 spiro atoms. The van der Waals surface area contributed by atoms with E-state index in [2.05, 4.69) is 29.0 Å². The molecule has 0 aromatic rings. The van der Waals surface area contributed by atoms with E-state index in [1.165, 1.54) is 38.9 Å². The molecule has 0 radical (unpaired) electrons. The number of ether oxygens (including phenoxy) is 1. The van der Waals surface area contributed by atoms with Crippen LogP contribution < -0.4 is 5.32 Å². The van der Waals surface area contributed by atoms with E-state index in [1.54, 1.807) is 0 Å². The monoisotopic (exact) mass is 269 g/mol. The van der Waals surface area contributed by atoms with Crippen molar-refractivity contribution in [3.63, 3.8) is 0 Å². The zero-order chi connectivity index (χ0) is 13.5. The van der Waals surface area contributed by atoms with Gasteiger partial charge in [0.05, 0.1) is 12.7 Å². The Balaban J connectivity index is 1.61. The Morgan fingerprint density at radius 1 is 1.11 bits per heavy atom. The van der Waals surface area contributed by atoms with E-state index in [0.717, 1.165) is 32.8 Å². The summed E-state index contributed by atoms with van der Waals surface area (Å²) in [6.07, 6.45) is 4.26. The molecule has 112 valence electrons. The smallest absolute Gasteiger partial charge is 0.0826 e. The summed E-state index contributed by atoms with van der Waals surface area (Å²) in [5, 5.41) is 3.72. The van der Waals surface area contributed by atoms with Crippen molar-refractivity contribution < 1.29 is 4.74 Å². The number of piperidine rings is 1. The average Bonchev–Trinajstić information content (AvgIpc) is 2.47. The standard InChI is InChI=1S/C15H31N3O/c1-3-7-18-8-5-14(6-9-18)16-12-15-13-17(4-2)10-11-19-15/h14-16H,3-13H2,1-2H3. The molecule has 0 aromatic carbocycles. The normalized spacial score (nSPS) is 27.8. The van der Waals surface area contributed by atoms with Crippen LogP contribution in [0.25, 0.3) is 0 Å². The Morgan fingerprint density at radius 3 is 2.58 bits per heavy atom. The summed E-state index contributed by atoms with van der Waals surface area (Å²) < 4.78 is 5.85. The van der Waals surface area contributed by atoms with E-state index in [0.29, 0.717) is 12.1 Å². The lowest BCUT2D eigenvalue weighted by molar-refractivity contribution is -0.0271. The van der Waals surface area contributed by atoms with Crippen molar-refractivity contribution in [2.24, 2.45) is 0 Å². The molecule has 4 heteroatoms. The summed E-state index contributed by atoms with van der Waals surface area (Å²) >= 11 is 0. The number of rotatable bonds is 6. The van der Waals surface area contributed by atoms with Gasteiger partial charge in [0.15, 0.2) is 0 Å². The maximum absolute atomic E-state index is 5.85. The van der Waals surface area contributed by atoms with Gasteiger partial charge in [-0.1, -0.05) is 13.8 Å². The van der Waals surface area contributed by atoms with Crippen LogP contribution in [0.5, 0.6) is 0 Å². The predicted octanol–water partition coefficient (Wildman–Crippen LogP) is 1.17. The summed E-state index contributed by atoms with van der Waals surface area (Å²) in [6, 6.07) is 0.703. The number of likely N-dealkylation sites (tertiary alicyclic amines) is 1. The predicted molar refractivity (Wildman–Crippen MR) is 79.6 cm³/mol. The Bertz CT molecular complexity index is 242. The third-order valence-electron chi connectivity index (χ3n) is 4.43. The van der Waals surface area contributed by atoms with Gasteiger partial charge in [-0.3, -0.25) is 4.90 Å². The molecule has 2 heterocycles. The summed E-state index contributed by atoms with van der Waals surface area (Å²) in [4.78, 5) is 5.08. The third kappa shape index (κ3) is 5.03. The van der Waals surface area contributed by atoms with Crippen molar-refractivity contribution in [2.45, 2.75) is 45.3 Å². The maximum atomic E-state index is 5.85. The molecule has 2 fully saturated rings. The highest BCUT2D eigenvalue weighted by atomic mass is 16.5. The highest BCUT2D eigenvalue weighted by Gasteiger charge is 2.22. The van der Waals surface area contributed by atoms with Crippen LogP contribution >= 0.6 is 0 Å². The third-order valence-corrected chi connectivity index (χ3v) is 4.43. The second kappa shape index (κ2) is 8.20. The lowest BCUT2D eigenvalue weighted by Crippen LogP contribution is -2.50. The van der Waals surface area contributed by atoms with E-state index in [1.807, 2.05) is 0 Å². The lowest BCUT2D eigenvalue weighted by atomic mass is 10.0. The number of nitrogens with one attached hydrogen (secondary N) is 1. The first-order chi connectivity index (χ1) is 9.31. The first-order valence-electron chi connectivity index (χ1n) is 8.11. The minimum absolute atomic E-state index is 0.391. The van der Waals surface area contributed by atoms with Gasteiger partial charge in [0.25, 0.3) is 0 Å². The zero-order valence-electron chi connectivity index (χ0n) is 12.7. The Labute approximate surface area is 118 Å². The first kappa shape index (κ1) is 15.2. The van der Waals surface area contributed by atoms with E-state index >= 15 is 0 Å². The summed E-state index contributed by atoms with van der Waals surface area (Å²) in [5.41, 5.74) is 0. The molecular weight excluding hydrogens is 238 g/mol. The van der Waals surface area contributed by atoms with Crippen LogP contribution in [-0.2, 0) is 4.74 Å². The molecule has 2 rings (SSSR count). The van der Waals surface area contributed by atoms with Gasteiger partial charge in [0.1, 0.15) is 0 Å². The number of likely N-dealkylation sites (N-methyl/N-ethyl adjacent to an activating group) is 1. The van der Waals surface area contributed by atoms with E-state index in [-0.39, 0.29) is 0 Å². The molecule has 19 heavy (non-hydrogen) atoms. The summed E-state index contributed by atoms with van der Waals surface area (Å²) in [6.45, 7) is 13.6. The molecule has 0 amide bonds. The molecule has 4 nitrogen and oxygen atoms in total. The average molecular weight is 269 g/mol. The fraction of sp³-hybridized carbons (Fsp3) is 1.00. The minimum Gasteiger partial charge on any atom is -0.374 e. The summed E-state index contributed by atoms with van der Waals surface area (Å²) in [7, 11) is 0. The van der Waals surface area contributed by atoms with Crippen molar-refractivity contribution in [1.29, 1.82) is 0 Å². The highest BCUT2D eigenvalue weighted by Crippen LogP contribution is 2.11. The number of nitrogens with zero attached hydrogens (tertiary/aromatic N) is 2. The Morgan fingerprint density at radius 2 is 1.89 bits per heavy atom. The number of morpholine rings is 1. The minimum atomic E-state index is 0.391. The van der Waals surface area contributed by atoms with Gasteiger partial charge in [0, 0.05) is 25.7 Å². The molecular formula is C15H31N3O. The van der Waals surface area contributed by atoms with Gasteiger partial charge in [-0.05, 0) is 45.4 Å². The number of hydrogen-bond acceptors (Lipinski definition) is 4. The van der Waals surface area contributed by atoms with Crippen LogP contribution in [0.15, 0.2) is 0 Å². The van der Waals surface area contributed by atoms with Gasteiger partial charge < -0.3 is 15.0 Å². The van der Waals surface area contributed by atoms with Crippen LogP contribution in [-0.4, -0.2) is 74.4 Å². The van der Waals surface area contributed by atoms with Crippen LogP contribution in [0.2, 0.25) is 0 Å². The van der Waals surface area contributed by atoms with Crippen molar-refractivity contribution in [2.75, 3.05) is 52.4 Å². The molecule has 0 aromatic heterocycles. The summed E-state index contributed by atoms with van der Waals surface area (Å²) in [5.74, 6) is 0. The second-order valence-electron chi connectivity index (χ2n) is 5.91. The highest BCUT2D eigenvalue weighted by molar-refractivity contribution is 4.80. The largest absolute Gasteiger partial charge is 0.374 e. The molecule has 0 bridgehead atoms. The van der Waals surface area contributed by atoms with Gasteiger partial charge in [0.2, 0.25) is 0 Å². The van der Waals surface area contributed by atoms with Gasteiger partial charge >= 0.3 is 0 Å².